The van der Waals surface area contributed by atoms with Crippen molar-refractivity contribution < 1.29 is 22.6 Å². The molecule has 0 fully saturated rings. The average Bonchev–Trinajstić information content (AvgIpc) is 2.24. The van der Waals surface area contributed by atoms with Gasteiger partial charge in [0.2, 0.25) is 0 Å². The molecule has 1 rings (SSSR count). The normalized spacial score (nSPS) is 13.6. The van der Waals surface area contributed by atoms with Crippen LogP contribution in [0.4, 0.5) is 13.2 Å². The molecular formula is C12H12BrF3O2. The van der Waals surface area contributed by atoms with E-state index in [2.05, 4.69) is 20.7 Å². The van der Waals surface area contributed by atoms with Crippen LogP contribution in [0.5, 0.6) is 11.5 Å². The summed E-state index contributed by atoms with van der Waals surface area (Å²) < 4.78 is 45.3. The molecule has 0 bridgehead atoms. The van der Waals surface area contributed by atoms with Crippen molar-refractivity contribution in [3.8, 4) is 11.5 Å². The Balaban J connectivity index is 2.64. The zero-order chi connectivity index (χ0) is 13.6. The van der Waals surface area contributed by atoms with Gasteiger partial charge < -0.3 is 9.47 Å². The van der Waals surface area contributed by atoms with Gasteiger partial charge in [0.15, 0.2) is 0 Å². The van der Waals surface area contributed by atoms with E-state index < -0.39 is 6.36 Å². The van der Waals surface area contributed by atoms with Crippen molar-refractivity contribution in [2.45, 2.75) is 25.8 Å². The molecule has 0 saturated carbocycles. The van der Waals surface area contributed by atoms with Gasteiger partial charge in [-0.1, -0.05) is 28.1 Å². The van der Waals surface area contributed by atoms with Gasteiger partial charge in [-0.05, 0) is 24.0 Å². The quantitative estimate of drug-likeness (QED) is 0.784. The van der Waals surface area contributed by atoms with E-state index in [9.17, 15) is 13.2 Å². The summed E-state index contributed by atoms with van der Waals surface area (Å²) in [5.74, 6) is 0.0513. The number of alkyl halides is 3. The van der Waals surface area contributed by atoms with E-state index in [0.29, 0.717) is 12.2 Å². The molecule has 0 aliphatic heterocycles. The predicted octanol–water partition coefficient (Wildman–Crippen LogP) is 4.65. The first-order valence-electron chi connectivity index (χ1n) is 5.18. The highest BCUT2D eigenvalue weighted by Gasteiger charge is 2.31. The number of hydrogen-bond donors (Lipinski definition) is 0. The van der Waals surface area contributed by atoms with Crippen LogP contribution >= 0.6 is 15.9 Å². The van der Waals surface area contributed by atoms with E-state index >= 15 is 0 Å². The molecule has 18 heavy (non-hydrogen) atoms. The van der Waals surface area contributed by atoms with E-state index in [0.717, 1.165) is 0 Å². The fourth-order valence-electron chi connectivity index (χ4n) is 1.27. The van der Waals surface area contributed by atoms with E-state index in [1.807, 2.05) is 13.0 Å². The van der Waals surface area contributed by atoms with Crippen LogP contribution in [0.2, 0.25) is 0 Å². The molecule has 0 aliphatic rings. The molecule has 0 N–H and O–H groups in total. The molecule has 1 aromatic carbocycles. The van der Waals surface area contributed by atoms with Crippen LogP contribution in [0.15, 0.2) is 35.3 Å². The molecule has 0 aliphatic carbocycles. The summed E-state index contributed by atoms with van der Waals surface area (Å²) >= 11 is 3.13. The van der Waals surface area contributed by atoms with Crippen LogP contribution in [-0.2, 0) is 0 Å². The Bertz CT molecular complexity index is 405. The number of halogens is 4. The van der Waals surface area contributed by atoms with Crippen molar-refractivity contribution in [1.82, 2.24) is 0 Å². The van der Waals surface area contributed by atoms with Gasteiger partial charge in [-0.2, -0.15) is 0 Å². The van der Waals surface area contributed by atoms with E-state index in [1.165, 1.54) is 18.2 Å². The van der Waals surface area contributed by atoms with E-state index in [-0.39, 0.29) is 11.9 Å². The summed E-state index contributed by atoms with van der Waals surface area (Å²) in [5, 5.41) is 0. The van der Waals surface area contributed by atoms with Gasteiger partial charge in [-0.15, -0.1) is 13.2 Å². The van der Waals surface area contributed by atoms with Gasteiger partial charge in [0.05, 0.1) is 6.10 Å². The predicted molar refractivity (Wildman–Crippen MR) is 65.9 cm³/mol. The topological polar surface area (TPSA) is 18.5 Å². The van der Waals surface area contributed by atoms with E-state index in [4.69, 9.17) is 4.74 Å². The third-order valence-corrected chi connectivity index (χ3v) is 2.31. The largest absolute Gasteiger partial charge is 0.573 e. The van der Waals surface area contributed by atoms with Gasteiger partial charge in [0.1, 0.15) is 11.5 Å². The number of benzene rings is 1. The first-order chi connectivity index (χ1) is 8.40. The van der Waals surface area contributed by atoms with Gasteiger partial charge >= 0.3 is 6.36 Å². The minimum absolute atomic E-state index is 0.139. The lowest BCUT2D eigenvalue weighted by atomic mass is 10.2. The first-order valence-corrected chi connectivity index (χ1v) is 6.10. The van der Waals surface area contributed by atoms with Crippen molar-refractivity contribution in [3.05, 3.63) is 35.3 Å². The van der Waals surface area contributed by atoms with Crippen LogP contribution in [-0.4, -0.2) is 12.5 Å². The third kappa shape index (κ3) is 5.95. The zero-order valence-corrected chi connectivity index (χ0v) is 11.2. The summed E-state index contributed by atoms with van der Waals surface area (Å²) in [5.41, 5.74) is 0. The smallest absolute Gasteiger partial charge is 0.490 e. The molecule has 0 radical (unpaired) electrons. The van der Waals surface area contributed by atoms with Gasteiger partial charge in [-0.3, -0.25) is 0 Å². The fourth-order valence-corrected chi connectivity index (χ4v) is 1.48. The molecule has 0 heterocycles. The Kier molecular flexibility index (Phi) is 5.53. The van der Waals surface area contributed by atoms with Crippen LogP contribution in [0.25, 0.3) is 0 Å². The minimum Gasteiger partial charge on any atom is -0.490 e. The molecule has 2 nitrogen and oxygen atoms in total. The van der Waals surface area contributed by atoms with Crippen molar-refractivity contribution in [3.63, 3.8) is 0 Å². The maximum absolute atomic E-state index is 12.0. The third-order valence-electron chi connectivity index (χ3n) is 1.93. The van der Waals surface area contributed by atoms with Crippen molar-refractivity contribution in [1.29, 1.82) is 0 Å². The highest BCUT2D eigenvalue weighted by Crippen LogP contribution is 2.26. The molecule has 6 heteroatoms. The second-order valence-corrected chi connectivity index (χ2v) is 4.08. The van der Waals surface area contributed by atoms with Gasteiger partial charge in [0, 0.05) is 12.5 Å². The Morgan fingerprint density at radius 2 is 2.00 bits per heavy atom. The molecule has 0 amide bonds. The molecule has 100 valence electrons. The van der Waals surface area contributed by atoms with Crippen LogP contribution < -0.4 is 9.47 Å². The highest BCUT2D eigenvalue weighted by molar-refractivity contribution is 9.11. The Morgan fingerprint density at radius 1 is 1.33 bits per heavy atom. The second kappa shape index (κ2) is 6.68. The molecule has 1 unspecified atom stereocenters. The Hall–Kier alpha value is -1.17. The summed E-state index contributed by atoms with van der Waals surface area (Å²) in [7, 11) is 0. The SMILES string of the molecule is CC(CC=CBr)Oc1cccc(OC(F)(F)F)c1. The molecule has 1 aromatic rings. The monoisotopic (exact) mass is 324 g/mol. The van der Waals surface area contributed by atoms with Crippen LogP contribution in [0, 0.1) is 0 Å². The Morgan fingerprint density at radius 3 is 2.61 bits per heavy atom. The lowest BCUT2D eigenvalue weighted by molar-refractivity contribution is -0.274. The first kappa shape index (κ1) is 14.9. The summed E-state index contributed by atoms with van der Waals surface area (Å²) in [4.78, 5) is 1.70. The number of rotatable bonds is 5. The number of hydrogen-bond acceptors (Lipinski definition) is 2. The van der Waals surface area contributed by atoms with Crippen molar-refractivity contribution in [2.75, 3.05) is 0 Å². The van der Waals surface area contributed by atoms with Gasteiger partial charge in [0.25, 0.3) is 0 Å². The van der Waals surface area contributed by atoms with E-state index in [1.54, 1.807) is 11.1 Å². The lowest BCUT2D eigenvalue weighted by Crippen LogP contribution is -2.17. The van der Waals surface area contributed by atoms with Crippen molar-refractivity contribution >= 4 is 15.9 Å². The summed E-state index contributed by atoms with van der Waals surface area (Å²) in [6.45, 7) is 1.82. The minimum atomic E-state index is -4.69. The summed E-state index contributed by atoms with van der Waals surface area (Å²) in [6, 6.07) is 5.46. The molecule has 0 saturated heterocycles. The molecule has 0 aromatic heterocycles. The summed E-state index contributed by atoms with van der Waals surface area (Å²) in [6.07, 6.45) is -2.33. The fraction of sp³-hybridized carbons (Fsp3) is 0.333. The maximum Gasteiger partial charge on any atom is 0.573 e. The average molecular weight is 325 g/mol. The lowest BCUT2D eigenvalue weighted by Gasteiger charge is -2.14. The van der Waals surface area contributed by atoms with Crippen LogP contribution in [0.3, 0.4) is 0 Å². The van der Waals surface area contributed by atoms with Crippen molar-refractivity contribution in [2.24, 2.45) is 0 Å². The molecule has 1 atom stereocenters. The van der Waals surface area contributed by atoms with Crippen LogP contribution in [0.1, 0.15) is 13.3 Å². The number of ether oxygens (including phenoxy) is 2. The second-order valence-electron chi connectivity index (χ2n) is 3.55. The highest BCUT2D eigenvalue weighted by atomic mass is 79.9. The zero-order valence-electron chi connectivity index (χ0n) is 9.58. The van der Waals surface area contributed by atoms with Gasteiger partial charge in [-0.25, -0.2) is 0 Å². The molecular weight excluding hydrogens is 313 g/mol. The standard InChI is InChI=1S/C12H12BrF3O2/c1-9(4-3-7-13)17-10-5-2-6-11(8-10)18-12(14,15)16/h2-3,5-9H,4H2,1H3. The maximum atomic E-state index is 12.0. The Labute approximate surface area is 112 Å². The molecule has 0 spiro atoms.